The minimum atomic E-state index is -3.33. The van der Waals surface area contributed by atoms with Crippen molar-refractivity contribution >= 4 is 15.9 Å². The van der Waals surface area contributed by atoms with Crippen LogP contribution in [0, 0.1) is 0 Å². The molecule has 122 valence electrons. The molecule has 1 fully saturated rings. The lowest BCUT2D eigenvalue weighted by Gasteiger charge is -2.36. The van der Waals surface area contributed by atoms with Gasteiger partial charge >= 0.3 is 0 Å². The smallest absolute Gasteiger partial charge is 0.224 e. The van der Waals surface area contributed by atoms with E-state index >= 15 is 0 Å². The molecular formula is C14H22N4O3S. The van der Waals surface area contributed by atoms with Crippen molar-refractivity contribution in [3.8, 4) is 0 Å². The first-order valence-electron chi connectivity index (χ1n) is 7.68. The van der Waals surface area contributed by atoms with Gasteiger partial charge in [-0.2, -0.15) is 9.40 Å². The van der Waals surface area contributed by atoms with Crippen LogP contribution in [0.1, 0.15) is 38.4 Å². The first-order chi connectivity index (χ1) is 10.4. The molecule has 0 bridgehead atoms. The lowest BCUT2D eigenvalue weighted by Crippen LogP contribution is -2.47. The van der Waals surface area contributed by atoms with Gasteiger partial charge in [-0.15, -0.1) is 0 Å². The van der Waals surface area contributed by atoms with Crippen LogP contribution in [-0.4, -0.2) is 58.2 Å². The maximum atomic E-state index is 12.5. The van der Waals surface area contributed by atoms with E-state index < -0.39 is 15.3 Å². The van der Waals surface area contributed by atoms with Crippen LogP contribution in [0.4, 0.5) is 0 Å². The molecule has 1 aromatic heterocycles. The first kappa shape index (κ1) is 15.5. The molecule has 0 radical (unpaired) electrons. The molecule has 2 aliphatic rings. The molecule has 0 unspecified atom stereocenters. The Kier molecular flexibility index (Phi) is 3.98. The van der Waals surface area contributed by atoms with Gasteiger partial charge in [0.1, 0.15) is 0 Å². The van der Waals surface area contributed by atoms with E-state index in [0.29, 0.717) is 19.5 Å². The second-order valence-electron chi connectivity index (χ2n) is 6.25. The third-order valence-corrected chi connectivity index (χ3v) is 6.61. The van der Waals surface area contributed by atoms with Crippen molar-refractivity contribution in [3.05, 3.63) is 18.0 Å². The molecular weight excluding hydrogens is 304 g/mol. The van der Waals surface area contributed by atoms with Gasteiger partial charge in [-0.25, -0.2) is 8.42 Å². The van der Waals surface area contributed by atoms with Crippen molar-refractivity contribution in [1.82, 2.24) is 19.0 Å². The first-order valence-corrected chi connectivity index (χ1v) is 9.19. The molecule has 0 aliphatic carbocycles. The number of amides is 1. The van der Waals surface area contributed by atoms with Gasteiger partial charge in [0, 0.05) is 25.8 Å². The molecule has 0 spiro atoms. The van der Waals surface area contributed by atoms with Crippen molar-refractivity contribution in [2.24, 2.45) is 0 Å². The summed E-state index contributed by atoms with van der Waals surface area (Å²) in [5.41, 5.74) is 0.844. The standard InChI is InChI=1S/C14H22N4O3S/c1-11(2)22(20,21)17-9-12-4-5-15-18(12)13(10-17)8-14(19)16-6-3-7-16/h4-5,11,13H,3,6-10H2,1-2H3/t13-/m0/s1. The number of aromatic nitrogens is 2. The van der Waals surface area contributed by atoms with E-state index in [0.717, 1.165) is 25.2 Å². The van der Waals surface area contributed by atoms with Crippen LogP contribution < -0.4 is 0 Å². The van der Waals surface area contributed by atoms with Gasteiger partial charge in [0.2, 0.25) is 15.9 Å². The summed E-state index contributed by atoms with van der Waals surface area (Å²) >= 11 is 0. The summed E-state index contributed by atoms with van der Waals surface area (Å²) in [6.45, 7) is 5.63. The van der Waals surface area contributed by atoms with Crippen LogP contribution in [0.25, 0.3) is 0 Å². The summed E-state index contributed by atoms with van der Waals surface area (Å²) < 4.78 is 28.2. The number of sulfonamides is 1. The summed E-state index contributed by atoms with van der Waals surface area (Å²) in [5, 5.41) is 3.82. The number of likely N-dealkylation sites (tertiary alicyclic amines) is 1. The number of nitrogens with zero attached hydrogens (tertiary/aromatic N) is 4. The average molecular weight is 326 g/mol. The predicted molar refractivity (Wildman–Crippen MR) is 81.5 cm³/mol. The molecule has 2 aliphatic heterocycles. The maximum Gasteiger partial charge on any atom is 0.224 e. The molecule has 22 heavy (non-hydrogen) atoms. The van der Waals surface area contributed by atoms with Gasteiger partial charge in [-0.3, -0.25) is 9.48 Å². The zero-order chi connectivity index (χ0) is 15.9. The van der Waals surface area contributed by atoms with Gasteiger partial charge in [-0.05, 0) is 26.3 Å². The molecule has 0 aromatic carbocycles. The Hall–Kier alpha value is -1.41. The molecule has 1 aromatic rings. The zero-order valence-corrected chi connectivity index (χ0v) is 13.8. The third-order valence-electron chi connectivity index (χ3n) is 4.43. The molecule has 0 N–H and O–H groups in total. The van der Waals surface area contributed by atoms with Crippen LogP contribution in [0.15, 0.2) is 12.3 Å². The van der Waals surface area contributed by atoms with Crippen LogP contribution >= 0.6 is 0 Å². The molecule has 1 atom stereocenters. The van der Waals surface area contributed by atoms with Crippen molar-refractivity contribution in [1.29, 1.82) is 0 Å². The molecule has 1 amide bonds. The monoisotopic (exact) mass is 326 g/mol. The summed E-state index contributed by atoms with van der Waals surface area (Å²) in [6.07, 6.45) is 3.03. The summed E-state index contributed by atoms with van der Waals surface area (Å²) in [6, 6.07) is 1.60. The van der Waals surface area contributed by atoms with Crippen molar-refractivity contribution in [3.63, 3.8) is 0 Å². The number of fused-ring (bicyclic) bond motifs is 1. The minimum Gasteiger partial charge on any atom is -0.342 e. The number of hydrogen-bond donors (Lipinski definition) is 0. The Balaban J connectivity index is 1.82. The van der Waals surface area contributed by atoms with Crippen LogP contribution in [0.3, 0.4) is 0 Å². The highest BCUT2D eigenvalue weighted by molar-refractivity contribution is 7.89. The number of rotatable bonds is 4. The van der Waals surface area contributed by atoms with Crippen LogP contribution in [-0.2, 0) is 21.4 Å². The van der Waals surface area contributed by atoms with Crippen molar-refractivity contribution < 1.29 is 13.2 Å². The molecule has 7 nitrogen and oxygen atoms in total. The van der Waals surface area contributed by atoms with E-state index in [1.54, 1.807) is 20.0 Å². The van der Waals surface area contributed by atoms with Gasteiger partial charge in [-0.1, -0.05) is 0 Å². The van der Waals surface area contributed by atoms with Crippen molar-refractivity contribution in [2.75, 3.05) is 19.6 Å². The Bertz CT molecular complexity index is 663. The van der Waals surface area contributed by atoms with Gasteiger partial charge in [0.15, 0.2) is 0 Å². The molecule has 3 heterocycles. The fourth-order valence-electron chi connectivity index (χ4n) is 2.89. The van der Waals surface area contributed by atoms with Crippen LogP contribution in [0.5, 0.6) is 0 Å². The normalized spacial score (nSPS) is 22.5. The second-order valence-corrected chi connectivity index (χ2v) is 8.73. The lowest BCUT2D eigenvalue weighted by atomic mass is 10.1. The fourth-order valence-corrected chi connectivity index (χ4v) is 4.18. The number of hydrogen-bond acceptors (Lipinski definition) is 4. The Morgan fingerprint density at radius 2 is 2.14 bits per heavy atom. The largest absolute Gasteiger partial charge is 0.342 e. The molecule has 0 saturated carbocycles. The number of carbonyl (C=O) groups excluding carboxylic acids is 1. The highest BCUT2D eigenvalue weighted by Crippen LogP contribution is 2.27. The topological polar surface area (TPSA) is 75.5 Å². The number of carbonyl (C=O) groups is 1. The Morgan fingerprint density at radius 3 is 2.73 bits per heavy atom. The third kappa shape index (κ3) is 2.65. The van der Waals surface area contributed by atoms with E-state index in [-0.39, 0.29) is 11.9 Å². The van der Waals surface area contributed by atoms with Crippen molar-refractivity contribution in [2.45, 2.75) is 44.5 Å². The minimum absolute atomic E-state index is 0.0847. The SMILES string of the molecule is CC(C)S(=O)(=O)N1Cc2ccnn2[C@@H](CC(=O)N2CCC2)C1. The second kappa shape index (κ2) is 5.66. The maximum absolute atomic E-state index is 12.5. The van der Waals surface area contributed by atoms with E-state index in [4.69, 9.17) is 0 Å². The summed E-state index contributed by atoms with van der Waals surface area (Å²) in [5.74, 6) is 0.0847. The summed E-state index contributed by atoms with van der Waals surface area (Å²) in [7, 11) is -3.33. The molecule has 1 saturated heterocycles. The predicted octanol–water partition coefficient (Wildman–Crippen LogP) is 0.600. The average Bonchev–Trinajstić information content (AvgIpc) is 2.84. The summed E-state index contributed by atoms with van der Waals surface area (Å²) in [4.78, 5) is 14.1. The Labute approximate surface area is 130 Å². The van der Waals surface area contributed by atoms with E-state index in [1.807, 2.05) is 15.6 Å². The van der Waals surface area contributed by atoms with Crippen LogP contribution in [0.2, 0.25) is 0 Å². The zero-order valence-electron chi connectivity index (χ0n) is 13.0. The Morgan fingerprint density at radius 1 is 1.41 bits per heavy atom. The lowest BCUT2D eigenvalue weighted by molar-refractivity contribution is -0.135. The highest BCUT2D eigenvalue weighted by atomic mass is 32.2. The molecule has 8 heteroatoms. The van der Waals surface area contributed by atoms with E-state index in [1.165, 1.54) is 4.31 Å². The van der Waals surface area contributed by atoms with Gasteiger partial charge < -0.3 is 4.90 Å². The molecule has 3 rings (SSSR count). The van der Waals surface area contributed by atoms with E-state index in [9.17, 15) is 13.2 Å². The van der Waals surface area contributed by atoms with Gasteiger partial charge in [0.25, 0.3) is 0 Å². The fraction of sp³-hybridized carbons (Fsp3) is 0.714. The van der Waals surface area contributed by atoms with E-state index in [2.05, 4.69) is 5.10 Å². The van der Waals surface area contributed by atoms with Gasteiger partial charge in [0.05, 0.1) is 30.0 Å². The highest BCUT2D eigenvalue weighted by Gasteiger charge is 2.36. The quantitative estimate of drug-likeness (QED) is 0.812.